The summed E-state index contributed by atoms with van der Waals surface area (Å²) in [5.41, 5.74) is 0.533. The van der Waals surface area contributed by atoms with Crippen molar-refractivity contribution in [2.45, 2.75) is 26.3 Å². The van der Waals surface area contributed by atoms with Crippen LogP contribution in [-0.2, 0) is 13.0 Å². The van der Waals surface area contributed by atoms with Gasteiger partial charge < -0.3 is 4.42 Å². The molecule has 0 spiro atoms. The van der Waals surface area contributed by atoms with E-state index in [1.807, 2.05) is 6.92 Å². The minimum absolute atomic E-state index is 0.196. The second kappa shape index (κ2) is 4.75. The molecule has 0 radical (unpaired) electrons. The van der Waals surface area contributed by atoms with Gasteiger partial charge in [-0.1, -0.05) is 23.0 Å². The first-order valence-corrected chi connectivity index (χ1v) is 5.89. The fourth-order valence-electron chi connectivity index (χ4n) is 1.20. The Kier molecular flexibility index (Phi) is 3.35. The SMILES string of the molecule is CCCc1nn(Cc2nnsc2Cl)c(=O)o1. The Morgan fingerprint density at radius 2 is 2.38 bits per heavy atom. The van der Waals surface area contributed by atoms with Crippen LogP contribution in [0.4, 0.5) is 0 Å². The van der Waals surface area contributed by atoms with E-state index in [0.717, 1.165) is 18.0 Å². The molecule has 2 aromatic heterocycles. The molecule has 0 aliphatic heterocycles. The first-order chi connectivity index (χ1) is 7.70. The van der Waals surface area contributed by atoms with Crippen LogP contribution >= 0.6 is 23.1 Å². The van der Waals surface area contributed by atoms with E-state index in [1.165, 1.54) is 4.68 Å². The zero-order valence-corrected chi connectivity index (χ0v) is 10.1. The first-order valence-electron chi connectivity index (χ1n) is 4.74. The van der Waals surface area contributed by atoms with E-state index in [4.69, 9.17) is 16.0 Å². The summed E-state index contributed by atoms with van der Waals surface area (Å²) in [6.07, 6.45) is 1.52. The van der Waals surface area contributed by atoms with Crippen LogP contribution in [0.15, 0.2) is 9.21 Å². The lowest BCUT2D eigenvalue weighted by Gasteiger charge is -1.93. The van der Waals surface area contributed by atoms with Gasteiger partial charge in [-0.15, -0.1) is 10.2 Å². The molecule has 6 nitrogen and oxygen atoms in total. The maximum absolute atomic E-state index is 11.4. The average Bonchev–Trinajstić information content (AvgIpc) is 2.77. The summed E-state index contributed by atoms with van der Waals surface area (Å²) in [5.74, 6) is -0.0562. The fourth-order valence-corrected chi connectivity index (χ4v) is 1.81. The molecule has 0 fully saturated rings. The van der Waals surface area contributed by atoms with E-state index in [2.05, 4.69) is 14.7 Å². The average molecular weight is 261 g/mol. The molecular formula is C8H9ClN4O2S. The maximum atomic E-state index is 11.4. The number of aromatic nitrogens is 4. The van der Waals surface area contributed by atoms with Crippen LogP contribution in [-0.4, -0.2) is 19.4 Å². The lowest BCUT2D eigenvalue weighted by molar-refractivity contribution is 0.448. The third-order valence-corrected chi connectivity index (χ3v) is 2.91. The molecule has 0 N–H and O–H groups in total. The highest BCUT2D eigenvalue weighted by Crippen LogP contribution is 2.17. The highest BCUT2D eigenvalue weighted by Gasteiger charge is 2.11. The van der Waals surface area contributed by atoms with Crippen LogP contribution in [0.2, 0.25) is 4.34 Å². The summed E-state index contributed by atoms with van der Waals surface area (Å²) in [7, 11) is 0. The third kappa shape index (κ3) is 2.30. The van der Waals surface area contributed by atoms with Gasteiger partial charge in [-0.25, -0.2) is 4.79 Å². The van der Waals surface area contributed by atoms with Crippen molar-refractivity contribution in [2.24, 2.45) is 0 Å². The molecule has 2 heterocycles. The summed E-state index contributed by atoms with van der Waals surface area (Å²) in [5, 5.41) is 7.83. The minimum Gasteiger partial charge on any atom is -0.392 e. The van der Waals surface area contributed by atoms with Gasteiger partial charge in [-0.3, -0.25) is 0 Å². The van der Waals surface area contributed by atoms with Gasteiger partial charge in [-0.2, -0.15) is 4.68 Å². The molecule has 0 saturated heterocycles. The van der Waals surface area contributed by atoms with E-state index in [1.54, 1.807) is 0 Å². The number of nitrogens with zero attached hydrogens (tertiary/aromatic N) is 4. The Bertz CT molecular complexity index is 532. The molecule has 0 unspecified atom stereocenters. The monoisotopic (exact) mass is 260 g/mol. The Morgan fingerprint density at radius 1 is 1.56 bits per heavy atom. The van der Waals surface area contributed by atoms with Crippen LogP contribution in [0.1, 0.15) is 24.9 Å². The fraction of sp³-hybridized carbons (Fsp3) is 0.500. The van der Waals surface area contributed by atoms with Gasteiger partial charge in [0.05, 0.1) is 6.54 Å². The standard InChI is InChI=1S/C8H9ClN4O2S/c1-2-3-6-11-13(8(14)15-6)4-5-7(9)16-12-10-5/h2-4H2,1H3. The van der Waals surface area contributed by atoms with Gasteiger partial charge in [0, 0.05) is 18.0 Å². The van der Waals surface area contributed by atoms with Crippen molar-refractivity contribution in [1.82, 2.24) is 19.4 Å². The number of hydrogen-bond acceptors (Lipinski definition) is 6. The lowest BCUT2D eigenvalue weighted by atomic mass is 10.3. The maximum Gasteiger partial charge on any atom is 0.437 e. The Labute approximate surface area is 100 Å². The van der Waals surface area contributed by atoms with E-state index in [0.29, 0.717) is 22.3 Å². The van der Waals surface area contributed by atoms with E-state index < -0.39 is 5.76 Å². The number of aryl methyl sites for hydroxylation is 1. The Morgan fingerprint density at radius 3 is 3.00 bits per heavy atom. The highest BCUT2D eigenvalue weighted by molar-refractivity contribution is 7.10. The molecule has 0 saturated carbocycles. The molecular weight excluding hydrogens is 252 g/mol. The summed E-state index contributed by atoms with van der Waals surface area (Å²) in [4.78, 5) is 11.4. The van der Waals surface area contributed by atoms with Crippen molar-refractivity contribution < 1.29 is 4.42 Å². The Hall–Kier alpha value is -1.21. The van der Waals surface area contributed by atoms with Gasteiger partial charge in [0.15, 0.2) is 0 Å². The minimum atomic E-state index is -0.493. The van der Waals surface area contributed by atoms with Crippen LogP contribution in [0.5, 0.6) is 0 Å². The zero-order valence-electron chi connectivity index (χ0n) is 8.51. The molecule has 0 aliphatic rings. The molecule has 0 aliphatic carbocycles. The van der Waals surface area contributed by atoms with Gasteiger partial charge >= 0.3 is 5.76 Å². The van der Waals surface area contributed by atoms with Crippen LogP contribution in [0, 0.1) is 0 Å². The lowest BCUT2D eigenvalue weighted by Crippen LogP contribution is -2.17. The van der Waals surface area contributed by atoms with E-state index in [-0.39, 0.29) is 6.54 Å². The normalized spacial score (nSPS) is 10.9. The highest BCUT2D eigenvalue weighted by atomic mass is 35.5. The van der Waals surface area contributed by atoms with Gasteiger partial charge in [-0.05, 0) is 6.42 Å². The predicted octanol–water partition coefficient (Wildman–Crippen LogP) is 1.34. The molecule has 2 aromatic rings. The summed E-state index contributed by atoms with van der Waals surface area (Å²) in [6.45, 7) is 2.18. The second-order valence-corrected chi connectivity index (χ2v) is 4.52. The van der Waals surface area contributed by atoms with Crippen LogP contribution < -0.4 is 5.76 Å². The third-order valence-electron chi connectivity index (χ3n) is 1.92. The van der Waals surface area contributed by atoms with Crippen molar-refractivity contribution in [3.63, 3.8) is 0 Å². The van der Waals surface area contributed by atoms with Gasteiger partial charge in [0.1, 0.15) is 10.0 Å². The summed E-state index contributed by atoms with van der Waals surface area (Å²) < 4.78 is 10.3. The summed E-state index contributed by atoms with van der Waals surface area (Å²) >= 11 is 6.91. The van der Waals surface area contributed by atoms with Crippen molar-refractivity contribution in [3.05, 3.63) is 26.5 Å². The topological polar surface area (TPSA) is 73.8 Å². The van der Waals surface area contributed by atoms with Crippen molar-refractivity contribution in [3.8, 4) is 0 Å². The molecule has 0 atom stereocenters. The number of rotatable bonds is 4. The molecule has 86 valence electrons. The zero-order chi connectivity index (χ0) is 11.5. The summed E-state index contributed by atoms with van der Waals surface area (Å²) in [6, 6.07) is 0. The number of halogens is 1. The van der Waals surface area contributed by atoms with E-state index in [9.17, 15) is 4.79 Å². The molecule has 0 amide bonds. The quantitative estimate of drug-likeness (QED) is 0.829. The van der Waals surface area contributed by atoms with Gasteiger partial charge in [0.25, 0.3) is 0 Å². The van der Waals surface area contributed by atoms with Crippen molar-refractivity contribution in [1.29, 1.82) is 0 Å². The van der Waals surface area contributed by atoms with Gasteiger partial charge in [0.2, 0.25) is 5.89 Å². The van der Waals surface area contributed by atoms with E-state index >= 15 is 0 Å². The smallest absolute Gasteiger partial charge is 0.392 e. The Balaban J connectivity index is 2.22. The van der Waals surface area contributed by atoms with Crippen LogP contribution in [0.25, 0.3) is 0 Å². The molecule has 0 aromatic carbocycles. The molecule has 16 heavy (non-hydrogen) atoms. The first kappa shape index (κ1) is 11.3. The molecule has 0 bridgehead atoms. The van der Waals surface area contributed by atoms with Crippen molar-refractivity contribution in [2.75, 3.05) is 0 Å². The largest absolute Gasteiger partial charge is 0.437 e. The van der Waals surface area contributed by atoms with Crippen molar-refractivity contribution >= 4 is 23.1 Å². The van der Waals surface area contributed by atoms with Crippen LogP contribution in [0.3, 0.4) is 0 Å². The number of hydrogen-bond donors (Lipinski definition) is 0. The predicted molar refractivity (Wildman–Crippen MR) is 58.8 cm³/mol. The molecule has 2 rings (SSSR count). The second-order valence-electron chi connectivity index (χ2n) is 3.16. The molecule has 8 heteroatoms.